The highest BCUT2D eigenvalue weighted by atomic mass is 16.7. The standard InChI is InChI=1S/C23H26N4O4.C2H6/c28-15-21-19(13-26-30)22(27(31-21)14-16-6-2-1-3-7-16)23(29)24-11-10-17-12-25-20-9-5-4-8-18(17)20;1-2/h1-9,12,19,21-22,25,28H,10-11,13-15H2,(H,24,29);1-2H3/t19-,21?,22+;/m1./s1. The molecular weight excluding hydrogens is 420 g/mol. The predicted octanol–water partition coefficient (Wildman–Crippen LogP) is 3.41. The lowest BCUT2D eigenvalue weighted by atomic mass is 9.94. The fourth-order valence-electron chi connectivity index (χ4n) is 4.19. The smallest absolute Gasteiger partial charge is 0.240 e. The molecule has 3 N–H and O–H groups in total. The van der Waals surface area contributed by atoms with Crippen molar-refractivity contribution in [3.63, 3.8) is 0 Å². The van der Waals surface area contributed by atoms with Crippen molar-refractivity contribution >= 4 is 16.8 Å². The number of fused-ring (bicyclic) bond motifs is 1. The molecule has 1 amide bonds. The molecule has 3 aromatic rings. The highest BCUT2D eigenvalue weighted by Gasteiger charge is 2.47. The molecule has 1 aliphatic heterocycles. The number of hydroxylamine groups is 2. The fraction of sp³-hybridized carbons (Fsp3) is 0.400. The third kappa shape index (κ3) is 5.84. The Labute approximate surface area is 193 Å². The molecule has 0 spiro atoms. The zero-order chi connectivity index (χ0) is 23.6. The van der Waals surface area contributed by atoms with Crippen molar-refractivity contribution in [2.75, 3.05) is 19.7 Å². The van der Waals surface area contributed by atoms with Crippen LogP contribution in [0.2, 0.25) is 0 Å². The van der Waals surface area contributed by atoms with Gasteiger partial charge in [0.2, 0.25) is 5.91 Å². The average Bonchev–Trinajstić information content (AvgIpc) is 3.42. The summed E-state index contributed by atoms with van der Waals surface area (Å²) in [6.07, 6.45) is 1.98. The largest absolute Gasteiger partial charge is 0.394 e. The lowest BCUT2D eigenvalue weighted by molar-refractivity contribution is -0.181. The summed E-state index contributed by atoms with van der Waals surface area (Å²) in [7, 11) is 0. The van der Waals surface area contributed by atoms with Crippen LogP contribution in [0.25, 0.3) is 10.9 Å². The zero-order valence-electron chi connectivity index (χ0n) is 19.1. The summed E-state index contributed by atoms with van der Waals surface area (Å²) in [5.74, 6) is -0.750. The number of aromatic nitrogens is 1. The first kappa shape index (κ1) is 24.6. The van der Waals surface area contributed by atoms with E-state index in [0.29, 0.717) is 19.5 Å². The highest BCUT2D eigenvalue weighted by molar-refractivity contribution is 5.84. The number of benzene rings is 2. The molecule has 1 fully saturated rings. The van der Waals surface area contributed by atoms with Crippen LogP contribution in [-0.4, -0.2) is 52.9 Å². The summed E-state index contributed by atoms with van der Waals surface area (Å²) < 4.78 is 0. The number of nitroso groups, excluding NO2 is 1. The number of aliphatic hydroxyl groups is 1. The molecule has 1 unspecified atom stereocenters. The molecule has 4 rings (SSSR count). The van der Waals surface area contributed by atoms with E-state index in [2.05, 4.69) is 15.5 Å². The topological polar surface area (TPSA) is 107 Å². The Morgan fingerprint density at radius 2 is 1.88 bits per heavy atom. The van der Waals surface area contributed by atoms with Gasteiger partial charge in [-0.05, 0) is 23.6 Å². The summed E-state index contributed by atoms with van der Waals surface area (Å²) in [5, 5.41) is 18.4. The Morgan fingerprint density at radius 1 is 1.15 bits per heavy atom. The van der Waals surface area contributed by atoms with Crippen LogP contribution in [0.5, 0.6) is 0 Å². The number of rotatable bonds is 9. The van der Waals surface area contributed by atoms with Crippen LogP contribution >= 0.6 is 0 Å². The van der Waals surface area contributed by atoms with Crippen LogP contribution in [0.15, 0.2) is 66.0 Å². The summed E-state index contributed by atoms with van der Waals surface area (Å²) >= 11 is 0. The molecule has 3 atom stereocenters. The van der Waals surface area contributed by atoms with Crippen molar-refractivity contribution < 1.29 is 14.7 Å². The van der Waals surface area contributed by atoms with Gasteiger partial charge in [-0.15, -0.1) is 0 Å². The van der Waals surface area contributed by atoms with Gasteiger partial charge in [0.25, 0.3) is 0 Å². The van der Waals surface area contributed by atoms with Gasteiger partial charge in [-0.25, -0.2) is 0 Å². The normalized spacial score (nSPS) is 20.3. The van der Waals surface area contributed by atoms with Crippen molar-refractivity contribution in [2.24, 2.45) is 11.1 Å². The molecule has 1 aromatic heterocycles. The van der Waals surface area contributed by atoms with Crippen molar-refractivity contribution in [1.29, 1.82) is 0 Å². The van der Waals surface area contributed by atoms with Crippen molar-refractivity contribution in [3.05, 3.63) is 76.8 Å². The third-order valence-corrected chi connectivity index (χ3v) is 5.75. The molecule has 33 heavy (non-hydrogen) atoms. The summed E-state index contributed by atoms with van der Waals surface area (Å²) in [4.78, 5) is 33.2. The number of hydrogen-bond acceptors (Lipinski definition) is 6. The molecule has 1 saturated heterocycles. The van der Waals surface area contributed by atoms with Crippen molar-refractivity contribution in [2.45, 2.75) is 39.0 Å². The number of amides is 1. The Balaban J connectivity index is 0.00000149. The Kier molecular flexibility index (Phi) is 9.12. The summed E-state index contributed by atoms with van der Waals surface area (Å²) in [6.45, 7) is 4.43. The minimum absolute atomic E-state index is 0.100. The maximum absolute atomic E-state index is 13.1. The number of aliphatic hydroxyl groups excluding tert-OH is 1. The molecule has 2 aromatic carbocycles. The number of nitrogens with one attached hydrogen (secondary N) is 2. The van der Waals surface area contributed by atoms with E-state index in [1.807, 2.05) is 74.6 Å². The van der Waals surface area contributed by atoms with Gasteiger partial charge in [0, 0.05) is 29.6 Å². The SMILES string of the molecule is CC.O=NC[C@@H]1C(CO)ON(Cc2ccccc2)[C@@H]1C(=O)NCCc1c[nH]c2ccccc12. The molecule has 2 heterocycles. The van der Waals surface area contributed by atoms with E-state index in [4.69, 9.17) is 4.84 Å². The lowest BCUT2D eigenvalue weighted by Gasteiger charge is -2.24. The number of carbonyl (C=O) groups is 1. The van der Waals surface area contributed by atoms with Crippen LogP contribution in [0.1, 0.15) is 25.0 Å². The minimum Gasteiger partial charge on any atom is -0.394 e. The summed E-state index contributed by atoms with van der Waals surface area (Å²) in [6, 6.07) is 16.9. The number of carbonyl (C=O) groups excluding carboxylic acids is 1. The Hall–Kier alpha value is -3.07. The van der Waals surface area contributed by atoms with E-state index in [0.717, 1.165) is 22.0 Å². The van der Waals surface area contributed by atoms with Gasteiger partial charge in [-0.2, -0.15) is 9.97 Å². The van der Waals surface area contributed by atoms with Gasteiger partial charge in [-0.1, -0.05) is 67.6 Å². The molecule has 176 valence electrons. The van der Waals surface area contributed by atoms with E-state index < -0.39 is 18.1 Å². The molecule has 0 aliphatic carbocycles. The van der Waals surface area contributed by atoms with E-state index in [1.54, 1.807) is 5.06 Å². The van der Waals surface area contributed by atoms with E-state index >= 15 is 0 Å². The van der Waals surface area contributed by atoms with Crippen LogP contribution in [0.3, 0.4) is 0 Å². The van der Waals surface area contributed by atoms with E-state index in [-0.39, 0.29) is 19.1 Å². The van der Waals surface area contributed by atoms with Crippen LogP contribution < -0.4 is 5.32 Å². The van der Waals surface area contributed by atoms with E-state index in [1.165, 1.54) is 0 Å². The first-order valence-electron chi connectivity index (χ1n) is 11.4. The van der Waals surface area contributed by atoms with Gasteiger partial charge in [0.1, 0.15) is 12.1 Å². The Morgan fingerprint density at radius 3 is 2.61 bits per heavy atom. The lowest BCUT2D eigenvalue weighted by Crippen LogP contribution is -2.47. The average molecular weight is 453 g/mol. The number of H-pyrrole nitrogens is 1. The molecule has 8 heteroatoms. The third-order valence-electron chi connectivity index (χ3n) is 5.75. The molecule has 0 radical (unpaired) electrons. The maximum Gasteiger partial charge on any atom is 0.240 e. The fourth-order valence-corrected chi connectivity index (χ4v) is 4.19. The molecule has 1 aliphatic rings. The first-order chi connectivity index (χ1) is 16.2. The first-order valence-corrected chi connectivity index (χ1v) is 11.4. The molecule has 0 saturated carbocycles. The van der Waals surface area contributed by atoms with Gasteiger partial charge >= 0.3 is 0 Å². The second kappa shape index (κ2) is 12.2. The van der Waals surface area contributed by atoms with Crippen LogP contribution in [-0.2, 0) is 22.6 Å². The van der Waals surface area contributed by atoms with Gasteiger partial charge < -0.3 is 15.4 Å². The van der Waals surface area contributed by atoms with Crippen molar-refractivity contribution in [3.8, 4) is 0 Å². The van der Waals surface area contributed by atoms with Gasteiger partial charge in [0.15, 0.2) is 0 Å². The monoisotopic (exact) mass is 452 g/mol. The van der Waals surface area contributed by atoms with Crippen molar-refractivity contribution in [1.82, 2.24) is 15.4 Å². The number of hydrogen-bond donors (Lipinski definition) is 3. The maximum atomic E-state index is 13.1. The minimum atomic E-state index is -0.710. The molecule has 8 nitrogen and oxygen atoms in total. The predicted molar refractivity (Wildman–Crippen MR) is 128 cm³/mol. The number of para-hydroxylation sites is 1. The highest BCUT2D eigenvalue weighted by Crippen LogP contribution is 2.30. The van der Waals surface area contributed by atoms with Gasteiger partial charge in [0.05, 0.1) is 19.7 Å². The second-order valence-corrected chi connectivity index (χ2v) is 7.71. The second-order valence-electron chi connectivity index (χ2n) is 7.71. The Bertz CT molecular complexity index is 1020. The number of aromatic amines is 1. The van der Waals surface area contributed by atoms with Crippen LogP contribution in [0, 0.1) is 10.8 Å². The number of nitrogens with zero attached hydrogens (tertiary/aromatic N) is 2. The van der Waals surface area contributed by atoms with E-state index in [9.17, 15) is 14.8 Å². The van der Waals surface area contributed by atoms with Crippen LogP contribution in [0.4, 0.5) is 0 Å². The molecular formula is C25H32N4O4. The zero-order valence-corrected chi connectivity index (χ0v) is 19.1. The van der Waals surface area contributed by atoms with Gasteiger partial charge in [-0.3, -0.25) is 9.63 Å². The summed E-state index contributed by atoms with van der Waals surface area (Å²) in [5.41, 5.74) is 3.15. The molecule has 0 bridgehead atoms. The quantitative estimate of drug-likeness (QED) is 0.431.